The van der Waals surface area contributed by atoms with Crippen molar-refractivity contribution in [3.8, 4) is 11.8 Å². The Morgan fingerprint density at radius 1 is 1.61 bits per heavy atom. The van der Waals surface area contributed by atoms with E-state index in [-0.39, 0.29) is 11.3 Å². The van der Waals surface area contributed by atoms with Gasteiger partial charge >= 0.3 is 0 Å². The number of aromatic hydroxyl groups is 1. The molecule has 2 aromatic rings. The zero-order valence-electron chi connectivity index (χ0n) is 9.82. The lowest BCUT2D eigenvalue weighted by atomic mass is 10.3. The van der Waals surface area contributed by atoms with E-state index in [0.29, 0.717) is 15.8 Å². The summed E-state index contributed by atoms with van der Waals surface area (Å²) in [4.78, 5) is 13.9. The first-order chi connectivity index (χ1) is 8.67. The fourth-order valence-corrected chi connectivity index (χ4v) is 4.07. The highest BCUT2D eigenvalue weighted by molar-refractivity contribution is 8.01. The minimum Gasteiger partial charge on any atom is -0.506 e. The molecule has 0 atom stereocenters. The average molecular weight is 280 g/mol. The van der Waals surface area contributed by atoms with E-state index in [0.717, 1.165) is 28.9 Å². The van der Waals surface area contributed by atoms with E-state index >= 15 is 0 Å². The molecule has 0 aromatic carbocycles. The van der Waals surface area contributed by atoms with Crippen LogP contribution in [-0.4, -0.2) is 15.8 Å². The zero-order chi connectivity index (χ0) is 13.1. The Balaban J connectivity index is 2.52. The van der Waals surface area contributed by atoms with Crippen LogP contribution in [0.4, 0.5) is 0 Å². The number of fused-ring (bicyclic) bond motifs is 1. The third-order valence-corrected chi connectivity index (χ3v) is 5.04. The van der Waals surface area contributed by atoms with Crippen molar-refractivity contribution in [2.75, 3.05) is 5.75 Å². The largest absolute Gasteiger partial charge is 0.506 e. The van der Waals surface area contributed by atoms with Crippen LogP contribution in [0.25, 0.3) is 10.2 Å². The van der Waals surface area contributed by atoms with Crippen molar-refractivity contribution in [3.63, 3.8) is 0 Å². The Bertz CT molecular complexity index is 667. The van der Waals surface area contributed by atoms with E-state index in [9.17, 15) is 15.2 Å². The van der Waals surface area contributed by atoms with Crippen LogP contribution in [0.2, 0.25) is 0 Å². The number of nitrogens with zero attached hydrogens (tertiary/aromatic N) is 1. The third kappa shape index (κ3) is 2.37. The van der Waals surface area contributed by atoms with Crippen molar-refractivity contribution >= 4 is 33.3 Å². The standard InChI is InChI=1S/C12H12N2O2S2/c1-2-3-4-17-12-7(6-13)10-11(18-12)8(15)5-9(16)14-10/h5H,2-4H2,1H3,(H2,14,15,16). The molecule has 0 radical (unpaired) electrons. The maximum Gasteiger partial charge on any atom is 0.252 e. The van der Waals surface area contributed by atoms with Crippen molar-refractivity contribution in [3.05, 3.63) is 22.0 Å². The summed E-state index contributed by atoms with van der Waals surface area (Å²) in [6, 6.07) is 3.25. The lowest BCUT2D eigenvalue weighted by molar-refractivity contribution is 0.481. The van der Waals surface area contributed by atoms with Crippen molar-refractivity contribution in [2.45, 2.75) is 24.0 Å². The van der Waals surface area contributed by atoms with Gasteiger partial charge in [0.15, 0.2) is 0 Å². The summed E-state index contributed by atoms with van der Waals surface area (Å²) in [6.07, 6.45) is 2.17. The SMILES string of the molecule is CCCCSc1sc2c(O)cc(=O)[nH]c2c1C#N. The van der Waals surface area contributed by atoms with E-state index in [1.807, 2.05) is 0 Å². The van der Waals surface area contributed by atoms with E-state index in [1.54, 1.807) is 11.8 Å². The number of aromatic nitrogens is 1. The molecule has 2 rings (SSSR count). The number of nitrogens with one attached hydrogen (secondary N) is 1. The summed E-state index contributed by atoms with van der Waals surface area (Å²) in [7, 11) is 0. The van der Waals surface area contributed by atoms with E-state index < -0.39 is 0 Å². The van der Waals surface area contributed by atoms with Gasteiger partial charge in [0.05, 0.1) is 14.4 Å². The molecular weight excluding hydrogens is 268 g/mol. The van der Waals surface area contributed by atoms with Gasteiger partial charge in [-0.3, -0.25) is 4.79 Å². The van der Waals surface area contributed by atoms with Crippen LogP contribution in [0.15, 0.2) is 15.1 Å². The second-order valence-electron chi connectivity index (χ2n) is 3.80. The Morgan fingerprint density at radius 3 is 3.06 bits per heavy atom. The summed E-state index contributed by atoms with van der Waals surface area (Å²) in [5.74, 6) is 0.876. The molecule has 0 aliphatic carbocycles. The Hall–Kier alpha value is -1.45. The number of hydrogen-bond donors (Lipinski definition) is 2. The molecule has 18 heavy (non-hydrogen) atoms. The highest BCUT2D eigenvalue weighted by Crippen LogP contribution is 2.40. The molecular formula is C12H12N2O2S2. The maximum atomic E-state index is 11.3. The first kappa shape index (κ1) is 13.0. The van der Waals surface area contributed by atoms with Gasteiger partial charge in [-0.1, -0.05) is 13.3 Å². The lowest BCUT2D eigenvalue weighted by Gasteiger charge is -1.96. The minimum atomic E-state index is -0.389. The van der Waals surface area contributed by atoms with Gasteiger partial charge in [-0.2, -0.15) is 5.26 Å². The highest BCUT2D eigenvalue weighted by Gasteiger charge is 2.16. The van der Waals surface area contributed by atoms with Crippen molar-refractivity contribution in [2.24, 2.45) is 0 Å². The number of rotatable bonds is 4. The lowest BCUT2D eigenvalue weighted by Crippen LogP contribution is -2.02. The summed E-state index contributed by atoms with van der Waals surface area (Å²) < 4.78 is 1.43. The van der Waals surface area contributed by atoms with Crippen molar-refractivity contribution in [1.82, 2.24) is 4.98 Å². The smallest absolute Gasteiger partial charge is 0.252 e. The second-order valence-corrected chi connectivity index (χ2v) is 6.19. The number of H-pyrrole nitrogens is 1. The number of unbranched alkanes of at least 4 members (excludes halogenated alkanes) is 1. The predicted molar refractivity (Wildman–Crippen MR) is 74.5 cm³/mol. The topological polar surface area (TPSA) is 76.9 Å². The molecule has 0 saturated heterocycles. The zero-order valence-corrected chi connectivity index (χ0v) is 11.5. The Morgan fingerprint density at radius 2 is 2.39 bits per heavy atom. The van der Waals surface area contributed by atoms with Crippen molar-refractivity contribution in [1.29, 1.82) is 5.26 Å². The van der Waals surface area contributed by atoms with E-state index in [4.69, 9.17) is 0 Å². The van der Waals surface area contributed by atoms with E-state index in [2.05, 4.69) is 18.0 Å². The molecule has 94 valence electrons. The molecule has 0 fully saturated rings. The number of hydrogen-bond acceptors (Lipinski definition) is 5. The monoisotopic (exact) mass is 280 g/mol. The quantitative estimate of drug-likeness (QED) is 0.666. The molecule has 0 aliphatic rings. The van der Waals surface area contributed by atoms with Crippen LogP contribution in [-0.2, 0) is 0 Å². The fraction of sp³-hybridized carbons (Fsp3) is 0.333. The van der Waals surface area contributed by atoms with Gasteiger partial charge in [0, 0.05) is 6.07 Å². The Labute approximate surface area is 112 Å². The third-order valence-electron chi connectivity index (χ3n) is 2.47. The van der Waals surface area contributed by atoms with Crippen LogP contribution in [0.5, 0.6) is 5.75 Å². The van der Waals surface area contributed by atoms with Gasteiger partial charge in [-0.15, -0.1) is 23.1 Å². The van der Waals surface area contributed by atoms with Gasteiger partial charge in [-0.05, 0) is 12.2 Å². The van der Waals surface area contributed by atoms with Crippen LogP contribution in [0, 0.1) is 11.3 Å². The predicted octanol–water partition coefficient (Wildman–Crippen LogP) is 3.06. The molecule has 0 unspecified atom stereocenters. The number of pyridine rings is 1. The molecule has 0 aliphatic heterocycles. The Kier molecular flexibility index (Phi) is 3.94. The average Bonchev–Trinajstić information content (AvgIpc) is 2.67. The molecule has 2 heterocycles. The molecule has 4 nitrogen and oxygen atoms in total. The molecule has 0 spiro atoms. The van der Waals surface area contributed by atoms with Gasteiger partial charge < -0.3 is 10.1 Å². The number of nitriles is 1. The summed E-state index contributed by atoms with van der Waals surface area (Å²) >= 11 is 2.95. The van der Waals surface area contributed by atoms with Crippen molar-refractivity contribution < 1.29 is 5.11 Å². The molecule has 2 N–H and O–H groups in total. The molecule has 0 bridgehead atoms. The molecule has 6 heteroatoms. The van der Waals surface area contributed by atoms with Crippen LogP contribution < -0.4 is 5.56 Å². The first-order valence-electron chi connectivity index (χ1n) is 5.59. The van der Waals surface area contributed by atoms with Crippen LogP contribution >= 0.6 is 23.1 Å². The summed E-state index contributed by atoms with van der Waals surface area (Å²) in [6.45, 7) is 2.11. The number of aromatic amines is 1. The summed E-state index contributed by atoms with van der Waals surface area (Å²) in [5.41, 5.74) is 0.523. The molecule has 0 amide bonds. The molecule has 0 saturated carbocycles. The van der Waals surface area contributed by atoms with Gasteiger partial charge in [0.25, 0.3) is 5.56 Å². The van der Waals surface area contributed by atoms with E-state index in [1.165, 1.54) is 11.3 Å². The normalized spacial score (nSPS) is 10.7. The van der Waals surface area contributed by atoms with Crippen LogP contribution in [0.3, 0.4) is 0 Å². The van der Waals surface area contributed by atoms with Gasteiger partial charge in [0.2, 0.25) is 0 Å². The molecule has 2 aromatic heterocycles. The summed E-state index contributed by atoms with van der Waals surface area (Å²) in [5, 5.41) is 18.9. The fourth-order valence-electron chi connectivity index (χ4n) is 1.57. The van der Waals surface area contributed by atoms with Gasteiger partial charge in [0.1, 0.15) is 17.4 Å². The maximum absolute atomic E-state index is 11.3. The second kappa shape index (κ2) is 5.46. The first-order valence-corrected chi connectivity index (χ1v) is 7.39. The highest BCUT2D eigenvalue weighted by atomic mass is 32.2. The van der Waals surface area contributed by atoms with Crippen LogP contribution in [0.1, 0.15) is 25.3 Å². The minimum absolute atomic E-state index is 0.0578. The van der Waals surface area contributed by atoms with Gasteiger partial charge in [-0.25, -0.2) is 0 Å². The number of thiophene rings is 1. The number of thioether (sulfide) groups is 1.